The highest BCUT2D eigenvalue weighted by molar-refractivity contribution is 5.72. The third-order valence-corrected chi connectivity index (χ3v) is 2.56. The van der Waals surface area contributed by atoms with Crippen molar-refractivity contribution in [2.24, 2.45) is 0 Å². The molecule has 2 rings (SSSR count). The molecule has 0 amide bonds. The van der Waals surface area contributed by atoms with Crippen LogP contribution in [0.2, 0.25) is 0 Å². The Labute approximate surface area is 94.9 Å². The number of nitrogens with two attached hydrogens (primary N) is 1. The van der Waals surface area contributed by atoms with Crippen LogP contribution >= 0.6 is 0 Å². The van der Waals surface area contributed by atoms with Crippen LogP contribution in [0.1, 0.15) is 5.56 Å². The number of rotatable bonds is 2. The number of benzene rings is 1. The van der Waals surface area contributed by atoms with Crippen molar-refractivity contribution in [3.63, 3.8) is 0 Å². The van der Waals surface area contributed by atoms with Crippen molar-refractivity contribution in [3.8, 4) is 16.9 Å². The summed E-state index contributed by atoms with van der Waals surface area (Å²) in [6, 6.07) is 7.78. The average Bonchev–Trinajstić information content (AvgIpc) is 2.29. The van der Waals surface area contributed by atoms with Gasteiger partial charge in [0.2, 0.25) is 0 Å². The smallest absolute Gasteiger partial charge is 0.141 e. The van der Waals surface area contributed by atoms with E-state index in [9.17, 15) is 0 Å². The van der Waals surface area contributed by atoms with Crippen LogP contribution in [0.5, 0.6) is 5.75 Å². The summed E-state index contributed by atoms with van der Waals surface area (Å²) >= 11 is 0. The molecule has 1 aromatic carbocycles. The number of aromatic nitrogens is 1. The van der Waals surface area contributed by atoms with E-state index in [0.717, 1.165) is 16.7 Å². The van der Waals surface area contributed by atoms with Crippen molar-refractivity contribution in [3.05, 3.63) is 42.2 Å². The lowest BCUT2D eigenvalue weighted by atomic mass is 10.0. The fraction of sp³-hybridized carbons (Fsp3) is 0.154. The molecular weight excluding hydrogens is 200 g/mol. The van der Waals surface area contributed by atoms with Gasteiger partial charge in [0.15, 0.2) is 0 Å². The molecule has 0 saturated carbocycles. The Kier molecular flexibility index (Phi) is 2.77. The molecule has 2 aromatic rings. The molecule has 0 aliphatic rings. The highest BCUT2D eigenvalue weighted by atomic mass is 16.5. The van der Waals surface area contributed by atoms with Crippen LogP contribution in [-0.2, 0) is 0 Å². The van der Waals surface area contributed by atoms with E-state index in [4.69, 9.17) is 10.5 Å². The molecule has 0 fully saturated rings. The maximum absolute atomic E-state index is 5.88. The minimum absolute atomic E-state index is 0.649. The number of ether oxygens (including phenoxy) is 1. The maximum Gasteiger partial charge on any atom is 0.141 e. The molecule has 3 nitrogen and oxygen atoms in total. The normalized spacial score (nSPS) is 10.1. The quantitative estimate of drug-likeness (QED) is 0.782. The van der Waals surface area contributed by atoms with Crippen molar-refractivity contribution >= 4 is 5.69 Å². The zero-order chi connectivity index (χ0) is 11.5. The van der Waals surface area contributed by atoms with Crippen LogP contribution in [0, 0.1) is 6.92 Å². The van der Waals surface area contributed by atoms with Gasteiger partial charge in [-0.3, -0.25) is 4.98 Å². The summed E-state index contributed by atoms with van der Waals surface area (Å²) in [6.07, 6.45) is 3.62. The first kappa shape index (κ1) is 10.5. The fourth-order valence-corrected chi connectivity index (χ4v) is 1.70. The number of anilines is 1. The predicted molar refractivity (Wildman–Crippen MR) is 65.4 cm³/mol. The zero-order valence-electron chi connectivity index (χ0n) is 9.40. The lowest BCUT2D eigenvalue weighted by molar-refractivity contribution is 0.417. The molecule has 3 heteroatoms. The molecule has 0 aliphatic carbocycles. The summed E-state index contributed by atoms with van der Waals surface area (Å²) in [5.74, 6) is 0.704. The molecule has 0 bridgehead atoms. The number of nitrogen functional groups attached to an aromatic ring is 1. The third-order valence-electron chi connectivity index (χ3n) is 2.56. The van der Waals surface area contributed by atoms with E-state index in [1.807, 2.05) is 37.4 Å². The summed E-state index contributed by atoms with van der Waals surface area (Å²) in [4.78, 5) is 4.07. The maximum atomic E-state index is 5.88. The Hall–Kier alpha value is -2.03. The Morgan fingerprint density at radius 2 is 2.06 bits per heavy atom. The lowest BCUT2D eigenvalue weighted by Gasteiger charge is -2.09. The molecule has 0 saturated heterocycles. The van der Waals surface area contributed by atoms with E-state index < -0.39 is 0 Å². The molecule has 82 valence electrons. The van der Waals surface area contributed by atoms with E-state index in [0.29, 0.717) is 11.4 Å². The van der Waals surface area contributed by atoms with Crippen molar-refractivity contribution in [2.75, 3.05) is 12.8 Å². The first-order valence-electron chi connectivity index (χ1n) is 5.07. The van der Waals surface area contributed by atoms with E-state index in [1.165, 1.54) is 0 Å². The standard InChI is InChI=1S/C13H14N2O/c1-9-8-15-6-5-11(9)10-3-4-13(16-2)12(14)7-10/h3-8H,14H2,1-2H3. The number of pyridine rings is 1. The molecule has 1 heterocycles. The van der Waals surface area contributed by atoms with Gasteiger partial charge in [-0.15, -0.1) is 0 Å². The summed E-state index contributed by atoms with van der Waals surface area (Å²) < 4.78 is 5.13. The molecule has 0 spiro atoms. The summed E-state index contributed by atoms with van der Waals surface area (Å²) in [5, 5.41) is 0. The van der Waals surface area contributed by atoms with E-state index in [1.54, 1.807) is 13.3 Å². The van der Waals surface area contributed by atoms with E-state index in [-0.39, 0.29) is 0 Å². The van der Waals surface area contributed by atoms with Crippen LogP contribution in [0.4, 0.5) is 5.69 Å². The molecule has 2 N–H and O–H groups in total. The van der Waals surface area contributed by atoms with Crippen LogP contribution < -0.4 is 10.5 Å². The van der Waals surface area contributed by atoms with Crippen molar-refractivity contribution in [1.29, 1.82) is 0 Å². The van der Waals surface area contributed by atoms with Gasteiger partial charge in [0.05, 0.1) is 12.8 Å². The summed E-state index contributed by atoms with van der Waals surface area (Å²) in [5.41, 5.74) is 9.88. The Bertz CT molecular complexity index is 509. The number of nitrogens with zero attached hydrogens (tertiary/aromatic N) is 1. The number of aryl methyl sites for hydroxylation is 1. The van der Waals surface area contributed by atoms with E-state index >= 15 is 0 Å². The van der Waals surface area contributed by atoms with Gasteiger partial charge >= 0.3 is 0 Å². The number of hydrogen-bond donors (Lipinski definition) is 1. The second-order valence-corrected chi connectivity index (χ2v) is 3.65. The Morgan fingerprint density at radius 3 is 2.69 bits per heavy atom. The van der Waals surface area contributed by atoms with Gasteiger partial charge in [0.1, 0.15) is 5.75 Å². The van der Waals surface area contributed by atoms with Gasteiger partial charge in [-0.05, 0) is 41.8 Å². The minimum atomic E-state index is 0.649. The van der Waals surface area contributed by atoms with Gasteiger partial charge in [-0.25, -0.2) is 0 Å². The molecule has 0 unspecified atom stereocenters. The van der Waals surface area contributed by atoms with Gasteiger partial charge < -0.3 is 10.5 Å². The van der Waals surface area contributed by atoms with Crippen LogP contribution in [0.25, 0.3) is 11.1 Å². The molecular formula is C13H14N2O. The number of methoxy groups -OCH3 is 1. The topological polar surface area (TPSA) is 48.1 Å². The van der Waals surface area contributed by atoms with Gasteiger partial charge in [0, 0.05) is 12.4 Å². The van der Waals surface area contributed by atoms with Crippen LogP contribution in [-0.4, -0.2) is 12.1 Å². The van der Waals surface area contributed by atoms with Crippen molar-refractivity contribution < 1.29 is 4.74 Å². The first-order chi connectivity index (χ1) is 7.72. The average molecular weight is 214 g/mol. The van der Waals surface area contributed by atoms with Gasteiger partial charge in [-0.1, -0.05) is 6.07 Å². The zero-order valence-corrected chi connectivity index (χ0v) is 9.40. The highest BCUT2D eigenvalue weighted by Gasteiger charge is 2.04. The largest absolute Gasteiger partial charge is 0.495 e. The first-order valence-corrected chi connectivity index (χ1v) is 5.07. The fourth-order valence-electron chi connectivity index (χ4n) is 1.70. The monoisotopic (exact) mass is 214 g/mol. The van der Waals surface area contributed by atoms with Gasteiger partial charge in [-0.2, -0.15) is 0 Å². The SMILES string of the molecule is COc1ccc(-c2ccncc2C)cc1N. The molecule has 0 radical (unpaired) electrons. The Balaban J connectivity index is 2.50. The van der Waals surface area contributed by atoms with Crippen molar-refractivity contribution in [2.45, 2.75) is 6.92 Å². The van der Waals surface area contributed by atoms with Crippen LogP contribution in [0.3, 0.4) is 0 Å². The van der Waals surface area contributed by atoms with E-state index in [2.05, 4.69) is 4.98 Å². The minimum Gasteiger partial charge on any atom is -0.495 e. The molecule has 1 aromatic heterocycles. The second kappa shape index (κ2) is 4.23. The summed E-state index contributed by atoms with van der Waals surface area (Å²) in [7, 11) is 1.61. The molecule has 0 atom stereocenters. The van der Waals surface area contributed by atoms with Gasteiger partial charge in [0.25, 0.3) is 0 Å². The van der Waals surface area contributed by atoms with Crippen LogP contribution in [0.15, 0.2) is 36.7 Å². The predicted octanol–water partition coefficient (Wildman–Crippen LogP) is 2.65. The summed E-state index contributed by atoms with van der Waals surface area (Å²) in [6.45, 7) is 2.03. The lowest BCUT2D eigenvalue weighted by Crippen LogP contribution is -1.93. The highest BCUT2D eigenvalue weighted by Crippen LogP contribution is 2.29. The Morgan fingerprint density at radius 1 is 1.25 bits per heavy atom. The second-order valence-electron chi connectivity index (χ2n) is 3.65. The molecule has 16 heavy (non-hydrogen) atoms. The number of hydrogen-bond acceptors (Lipinski definition) is 3. The third kappa shape index (κ3) is 1.84. The van der Waals surface area contributed by atoms with Crippen molar-refractivity contribution in [1.82, 2.24) is 4.98 Å². The molecule has 0 aliphatic heterocycles.